The number of anilines is 1. The van der Waals surface area contributed by atoms with Gasteiger partial charge in [0.2, 0.25) is 0 Å². The molecule has 1 N–H and O–H groups in total. The van der Waals surface area contributed by atoms with E-state index in [4.69, 9.17) is 25.8 Å². The van der Waals surface area contributed by atoms with Crippen LogP contribution in [0, 0.1) is 16.0 Å². The zero-order valence-corrected chi connectivity index (χ0v) is 26.4. The molecule has 256 valence electrons. The van der Waals surface area contributed by atoms with Crippen LogP contribution in [0.25, 0.3) is 0 Å². The molecule has 0 amide bonds. The molecule has 2 unspecified atom stereocenters. The average molecular weight is 683 g/mol. The Balaban J connectivity index is 1.09. The second kappa shape index (κ2) is 16.0. The molecule has 1 aromatic heterocycles. The predicted octanol–water partition coefficient (Wildman–Crippen LogP) is 7.06. The number of nitro groups is 1. The van der Waals surface area contributed by atoms with E-state index in [0.29, 0.717) is 18.3 Å². The van der Waals surface area contributed by atoms with Gasteiger partial charge in [0.1, 0.15) is 24.3 Å². The number of imidazole rings is 1. The van der Waals surface area contributed by atoms with Crippen molar-refractivity contribution in [3.63, 3.8) is 0 Å². The molecule has 2 aliphatic heterocycles. The summed E-state index contributed by atoms with van der Waals surface area (Å²) in [4.78, 5) is 16.2. The molecule has 15 heteroatoms. The van der Waals surface area contributed by atoms with Gasteiger partial charge in [-0.05, 0) is 114 Å². The summed E-state index contributed by atoms with van der Waals surface area (Å²) in [7, 11) is 0. The molecule has 11 nitrogen and oxygen atoms in total. The van der Waals surface area contributed by atoms with Crippen LogP contribution in [0.1, 0.15) is 56.6 Å². The van der Waals surface area contributed by atoms with Gasteiger partial charge in [0, 0.05) is 31.9 Å². The molecular formula is C32H38ClF3N4O7. The first-order valence-electron chi connectivity index (χ1n) is 15.7. The van der Waals surface area contributed by atoms with Crippen molar-refractivity contribution in [2.75, 3.05) is 31.2 Å². The lowest BCUT2D eigenvalue weighted by molar-refractivity contribution is -0.389. The smallest absolute Gasteiger partial charge is 0.491 e. The van der Waals surface area contributed by atoms with Gasteiger partial charge in [0.15, 0.2) is 6.29 Å². The van der Waals surface area contributed by atoms with E-state index < -0.39 is 17.4 Å². The highest BCUT2D eigenvalue weighted by Crippen LogP contribution is 2.36. The van der Waals surface area contributed by atoms with Crippen molar-refractivity contribution in [1.82, 2.24) is 9.55 Å². The van der Waals surface area contributed by atoms with E-state index >= 15 is 0 Å². The van der Waals surface area contributed by atoms with E-state index in [1.165, 1.54) is 22.9 Å². The molecule has 2 aromatic carbocycles. The van der Waals surface area contributed by atoms with Crippen molar-refractivity contribution in [2.45, 2.75) is 76.4 Å². The number of hydrogen-bond acceptors (Lipinski definition) is 9. The third-order valence-corrected chi connectivity index (χ3v) is 8.65. The van der Waals surface area contributed by atoms with Crippen LogP contribution in [0.5, 0.6) is 11.5 Å². The minimum atomic E-state index is -4.75. The Morgan fingerprint density at radius 3 is 2.38 bits per heavy atom. The van der Waals surface area contributed by atoms with Gasteiger partial charge in [0.25, 0.3) is 0 Å². The van der Waals surface area contributed by atoms with Gasteiger partial charge < -0.3 is 39.1 Å². The van der Waals surface area contributed by atoms with Crippen molar-refractivity contribution in [1.29, 1.82) is 0 Å². The van der Waals surface area contributed by atoms with Crippen molar-refractivity contribution in [3.05, 3.63) is 75.7 Å². The van der Waals surface area contributed by atoms with Crippen molar-refractivity contribution in [3.8, 4) is 11.5 Å². The normalized spacial score (nSPS) is 18.9. The zero-order valence-electron chi connectivity index (χ0n) is 25.7. The van der Waals surface area contributed by atoms with Crippen LogP contribution >= 0.6 is 11.6 Å². The molecule has 0 radical (unpaired) electrons. The first-order valence-corrected chi connectivity index (χ1v) is 16.1. The van der Waals surface area contributed by atoms with E-state index in [1.54, 1.807) is 12.1 Å². The monoisotopic (exact) mass is 682 g/mol. The summed E-state index contributed by atoms with van der Waals surface area (Å²) in [6.07, 6.45) is 0.672. The SMILES string of the molecule is O=[N+]([O-])c1cn(CCC(O)COc2ccc(N3CCC(CC(O[C@@H]4CCCCO4)c4ccc(OC(F)(F)F)cc4)CC3)cc2)c(Cl)n1. The number of benzene rings is 2. The fourth-order valence-corrected chi connectivity index (χ4v) is 6.05. The lowest BCUT2D eigenvalue weighted by atomic mass is 9.88. The van der Waals surface area contributed by atoms with Gasteiger partial charge in [0.05, 0.1) is 12.2 Å². The molecule has 0 saturated carbocycles. The van der Waals surface area contributed by atoms with E-state index in [-0.39, 0.29) is 48.8 Å². The van der Waals surface area contributed by atoms with Crippen LogP contribution in [0.15, 0.2) is 54.7 Å². The minimum Gasteiger partial charge on any atom is -0.491 e. The molecule has 3 aromatic rings. The van der Waals surface area contributed by atoms with Crippen LogP contribution in [0.4, 0.5) is 24.7 Å². The van der Waals surface area contributed by atoms with Gasteiger partial charge >= 0.3 is 17.5 Å². The Morgan fingerprint density at radius 1 is 1.06 bits per heavy atom. The van der Waals surface area contributed by atoms with E-state index in [2.05, 4.69) is 14.6 Å². The maximum absolute atomic E-state index is 12.7. The number of hydrogen-bond donors (Lipinski definition) is 1. The van der Waals surface area contributed by atoms with Crippen LogP contribution in [-0.2, 0) is 16.0 Å². The number of aromatic nitrogens is 2. The largest absolute Gasteiger partial charge is 0.573 e. The van der Waals surface area contributed by atoms with Crippen LogP contribution in [0.2, 0.25) is 5.28 Å². The fourth-order valence-electron chi connectivity index (χ4n) is 5.83. The molecule has 0 bridgehead atoms. The zero-order chi connectivity index (χ0) is 33.4. The molecule has 2 saturated heterocycles. The third kappa shape index (κ3) is 10.4. The third-order valence-electron chi connectivity index (χ3n) is 8.35. The maximum atomic E-state index is 12.7. The second-order valence-corrected chi connectivity index (χ2v) is 12.1. The molecule has 5 rings (SSSR count). The minimum absolute atomic E-state index is 0.0141. The predicted molar refractivity (Wildman–Crippen MR) is 167 cm³/mol. The van der Waals surface area contributed by atoms with Crippen molar-refractivity contribution < 1.29 is 42.1 Å². The van der Waals surface area contributed by atoms with Crippen molar-refractivity contribution in [2.24, 2.45) is 5.92 Å². The number of aryl methyl sites for hydroxylation is 1. The van der Waals surface area contributed by atoms with Crippen LogP contribution < -0.4 is 14.4 Å². The number of halogens is 4. The summed E-state index contributed by atoms with van der Waals surface area (Å²) in [6, 6.07) is 13.6. The fraction of sp³-hybridized carbons (Fsp3) is 0.531. The summed E-state index contributed by atoms with van der Waals surface area (Å²) >= 11 is 5.92. The van der Waals surface area contributed by atoms with Gasteiger partial charge in [-0.15, -0.1) is 13.2 Å². The topological polar surface area (TPSA) is 121 Å². The Bertz CT molecular complexity index is 1430. The number of rotatable bonds is 14. The molecule has 2 fully saturated rings. The number of alkyl halides is 3. The number of ether oxygens (including phenoxy) is 4. The second-order valence-electron chi connectivity index (χ2n) is 11.8. The summed E-state index contributed by atoms with van der Waals surface area (Å²) in [5, 5.41) is 21.2. The standard InChI is InChI=1S/C32H38ClF3N4O7/c33-31-37-29(40(42)43)20-39(31)17-14-25(41)21-45-26-10-6-24(7-11-26)38-15-12-22(13-16-38)19-28(46-30-3-1-2-18-44-30)23-4-8-27(9-5-23)47-32(34,35)36/h4-11,20,22,25,28,30,41H,1-3,12-19,21H2/t25?,28?,30-/m1/s1. The van der Waals surface area contributed by atoms with Crippen LogP contribution in [-0.4, -0.2) is 64.6 Å². The molecule has 0 spiro atoms. The maximum Gasteiger partial charge on any atom is 0.573 e. The molecule has 0 aliphatic carbocycles. The van der Waals surface area contributed by atoms with Crippen molar-refractivity contribution >= 4 is 23.1 Å². The van der Waals surface area contributed by atoms with E-state index in [0.717, 1.165) is 62.9 Å². The Kier molecular flexibility index (Phi) is 11.8. The van der Waals surface area contributed by atoms with Gasteiger partial charge in [-0.3, -0.25) is 4.57 Å². The Hall–Kier alpha value is -3.59. The van der Waals surface area contributed by atoms with Gasteiger partial charge in [-0.2, -0.15) is 0 Å². The molecule has 47 heavy (non-hydrogen) atoms. The number of piperidine rings is 1. The first-order chi connectivity index (χ1) is 22.5. The van der Waals surface area contributed by atoms with Gasteiger partial charge in [-0.1, -0.05) is 12.1 Å². The lowest BCUT2D eigenvalue weighted by Crippen LogP contribution is -2.34. The molecule has 3 heterocycles. The highest BCUT2D eigenvalue weighted by molar-refractivity contribution is 6.28. The lowest BCUT2D eigenvalue weighted by Gasteiger charge is -2.36. The molecular weight excluding hydrogens is 645 g/mol. The average Bonchev–Trinajstić information content (AvgIpc) is 3.44. The summed E-state index contributed by atoms with van der Waals surface area (Å²) in [6.45, 7) is 2.61. The Morgan fingerprint density at radius 2 is 1.77 bits per heavy atom. The summed E-state index contributed by atoms with van der Waals surface area (Å²) in [5.74, 6) is 0.356. The summed E-state index contributed by atoms with van der Waals surface area (Å²) < 4.78 is 61.4. The van der Waals surface area contributed by atoms with E-state index in [1.807, 2.05) is 24.3 Å². The summed E-state index contributed by atoms with van der Waals surface area (Å²) in [5.41, 5.74) is 1.85. The van der Waals surface area contributed by atoms with Gasteiger partial charge in [-0.25, -0.2) is 0 Å². The van der Waals surface area contributed by atoms with Crippen LogP contribution in [0.3, 0.4) is 0 Å². The first kappa shape index (κ1) is 34.7. The number of aliphatic hydroxyl groups excluding tert-OH is 1. The quantitative estimate of drug-likeness (QED) is 0.141. The molecule has 3 atom stereocenters. The Labute approximate surface area is 275 Å². The van der Waals surface area contributed by atoms with E-state index in [9.17, 15) is 28.4 Å². The molecule has 2 aliphatic rings. The number of nitrogens with zero attached hydrogens (tertiary/aromatic N) is 4. The highest BCUT2D eigenvalue weighted by Gasteiger charge is 2.32. The highest BCUT2D eigenvalue weighted by atomic mass is 35.5. The number of aliphatic hydroxyl groups is 1.